The van der Waals surface area contributed by atoms with E-state index >= 15 is 0 Å². The first-order valence-corrected chi connectivity index (χ1v) is 11.9. The third-order valence-electron chi connectivity index (χ3n) is 6.49. The number of piperidine rings is 1. The quantitative estimate of drug-likeness (QED) is 0.235. The van der Waals surface area contributed by atoms with Crippen molar-refractivity contribution in [3.05, 3.63) is 0 Å². The zero-order valence-electron chi connectivity index (χ0n) is 19.0. The van der Waals surface area contributed by atoms with Gasteiger partial charge >= 0.3 is 0 Å². The van der Waals surface area contributed by atoms with Crippen LogP contribution in [0.3, 0.4) is 0 Å². The largest absolute Gasteiger partial charge is 0.368 e. The number of guanidine groups is 1. The molecule has 0 spiro atoms. The summed E-state index contributed by atoms with van der Waals surface area (Å²) in [5.74, 6) is 1.18. The van der Waals surface area contributed by atoms with Crippen molar-refractivity contribution in [2.45, 2.75) is 70.9 Å². The van der Waals surface area contributed by atoms with Gasteiger partial charge in [0.15, 0.2) is 5.96 Å². The summed E-state index contributed by atoms with van der Waals surface area (Å²) in [6.45, 7) is 12.6. The average molecular weight is 536 g/mol. The molecule has 0 radical (unpaired) electrons. The molecule has 3 heterocycles. The molecular formula is C22H42IN5O2. The van der Waals surface area contributed by atoms with Crippen LogP contribution in [0.4, 0.5) is 0 Å². The molecule has 0 aromatic carbocycles. The van der Waals surface area contributed by atoms with E-state index in [4.69, 9.17) is 9.73 Å². The van der Waals surface area contributed by atoms with Gasteiger partial charge < -0.3 is 24.8 Å². The number of hydrogen-bond acceptors (Lipinski definition) is 4. The fourth-order valence-electron chi connectivity index (χ4n) is 4.64. The maximum Gasteiger partial charge on any atom is 0.251 e. The number of rotatable bonds is 7. The lowest BCUT2D eigenvalue weighted by molar-refractivity contribution is -0.142. The van der Waals surface area contributed by atoms with Crippen LogP contribution < -0.4 is 5.32 Å². The van der Waals surface area contributed by atoms with Gasteiger partial charge in [0.25, 0.3) is 5.91 Å². The zero-order valence-corrected chi connectivity index (χ0v) is 21.3. The Morgan fingerprint density at radius 3 is 2.47 bits per heavy atom. The Balaban J connectivity index is 0.00000320. The van der Waals surface area contributed by atoms with Gasteiger partial charge in [-0.25, -0.2) is 0 Å². The number of carbonyl (C=O) groups is 1. The molecule has 0 aromatic heterocycles. The number of nitrogens with zero attached hydrogens (tertiary/aromatic N) is 4. The Bertz CT molecular complexity index is 534. The zero-order chi connectivity index (χ0) is 20.5. The molecule has 0 aromatic rings. The van der Waals surface area contributed by atoms with Crippen LogP contribution in [0.5, 0.6) is 0 Å². The summed E-state index contributed by atoms with van der Waals surface area (Å²) in [6, 6.07) is 0.748. The van der Waals surface area contributed by atoms with Crippen LogP contribution in [0.1, 0.15) is 58.8 Å². The second-order valence-electron chi connectivity index (χ2n) is 8.64. The Morgan fingerprint density at radius 2 is 1.80 bits per heavy atom. The molecule has 7 nitrogen and oxygen atoms in total. The lowest BCUT2D eigenvalue weighted by atomic mass is 10.0. The molecule has 1 amide bonds. The fraction of sp³-hybridized carbons (Fsp3) is 0.909. The summed E-state index contributed by atoms with van der Waals surface area (Å²) >= 11 is 0. The highest BCUT2D eigenvalue weighted by Gasteiger charge is 2.30. The molecule has 2 atom stereocenters. The summed E-state index contributed by atoms with van der Waals surface area (Å²) in [4.78, 5) is 24.3. The minimum atomic E-state index is -0.203. The lowest BCUT2D eigenvalue weighted by Crippen LogP contribution is -2.55. The molecule has 8 heteroatoms. The van der Waals surface area contributed by atoms with Crippen molar-refractivity contribution in [3.8, 4) is 0 Å². The minimum absolute atomic E-state index is 0. The van der Waals surface area contributed by atoms with Gasteiger partial charge in [-0.15, -0.1) is 24.0 Å². The minimum Gasteiger partial charge on any atom is -0.368 e. The normalized spacial score (nSPS) is 25.9. The molecule has 1 N–H and O–H groups in total. The predicted molar refractivity (Wildman–Crippen MR) is 133 cm³/mol. The first kappa shape index (κ1) is 25.6. The van der Waals surface area contributed by atoms with E-state index in [0.717, 1.165) is 77.1 Å². The van der Waals surface area contributed by atoms with Gasteiger partial charge in [0.1, 0.15) is 6.10 Å². The number of nitrogens with one attached hydrogen (secondary N) is 1. The summed E-state index contributed by atoms with van der Waals surface area (Å²) in [5.41, 5.74) is 0. The van der Waals surface area contributed by atoms with Crippen LogP contribution in [0.2, 0.25) is 0 Å². The molecule has 3 rings (SSSR count). The van der Waals surface area contributed by atoms with Gasteiger partial charge in [-0.2, -0.15) is 0 Å². The highest BCUT2D eigenvalue weighted by molar-refractivity contribution is 14.0. The fourth-order valence-corrected chi connectivity index (χ4v) is 4.64. The van der Waals surface area contributed by atoms with E-state index in [1.54, 1.807) is 0 Å². The number of hydrogen-bond donors (Lipinski definition) is 1. The van der Waals surface area contributed by atoms with E-state index in [1.807, 2.05) is 4.90 Å². The maximum absolute atomic E-state index is 12.5. The number of unbranched alkanes of at least 4 members (excludes halogenated alkanes) is 1. The Kier molecular flexibility index (Phi) is 11.7. The number of piperazine rings is 1. The number of likely N-dealkylation sites (tertiary alicyclic amines) is 1. The van der Waals surface area contributed by atoms with Gasteiger partial charge in [-0.3, -0.25) is 9.79 Å². The number of halogens is 1. The summed E-state index contributed by atoms with van der Waals surface area (Å²) in [7, 11) is 0. The third-order valence-corrected chi connectivity index (χ3v) is 6.49. The monoisotopic (exact) mass is 535 g/mol. The average Bonchev–Trinajstić information content (AvgIpc) is 3.28. The van der Waals surface area contributed by atoms with Crippen molar-refractivity contribution < 1.29 is 9.53 Å². The van der Waals surface area contributed by atoms with E-state index < -0.39 is 0 Å². The Morgan fingerprint density at radius 1 is 1.03 bits per heavy atom. The van der Waals surface area contributed by atoms with Gasteiger partial charge in [-0.05, 0) is 65.5 Å². The van der Waals surface area contributed by atoms with Crippen LogP contribution in [-0.2, 0) is 9.53 Å². The molecule has 174 valence electrons. The van der Waals surface area contributed by atoms with E-state index in [9.17, 15) is 4.79 Å². The topological polar surface area (TPSA) is 60.4 Å². The van der Waals surface area contributed by atoms with Crippen LogP contribution in [0.25, 0.3) is 0 Å². The number of amides is 1. The summed E-state index contributed by atoms with van der Waals surface area (Å²) in [5, 5.41) is 3.44. The van der Waals surface area contributed by atoms with Crippen LogP contribution in [0, 0.1) is 0 Å². The second-order valence-corrected chi connectivity index (χ2v) is 8.64. The molecule has 0 aliphatic carbocycles. The van der Waals surface area contributed by atoms with Crippen LogP contribution >= 0.6 is 24.0 Å². The van der Waals surface area contributed by atoms with E-state index in [2.05, 4.69) is 29.0 Å². The molecule has 2 unspecified atom stereocenters. The smallest absolute Gasteiger partial charge is 0.251 e. The molecule has 3 fully saturated rings. The van der Waals surface area contributed by atoms with Gasteiger partial charge in [0.05, 0.1) is 0 Å². The molecular weight excluding hydrogens is 493 g/mol. The molecule has 3 aliphatic rings. The SMILES string of the molecule is CCNC(=NCCCCN1CCCCC1C)N1CCN(C(=O)C2CCCO2)CC1.I. The van der Waals surface area contributed by atoms with Crippen molar-refractivity contribution in [3.63, 3.8) is 0 Å². The highest BCUT2D eigenvalue weighted by Crippen LogP contribution is 2.17. The molecule has 3 aliphatic heterocycles. The maximum atomic E-state index is 12.5. The Labute approximate surface area is 200 Å². The number of ether oxygens (including phenoxy) is 1. The van der Waals surface area contributed by atoms with Crippen LogP contribution in [-0.4, -0.2) is 97.7 Å². The van der Waals surface area contributed by atoms with Crippen molar-refractivity contribution in [1.82, 2.24) is 20.0 Å². The van der Waals surface area contributed by atoms with Crippen molar-refractivity contribution in [2.24, 2.45) is 4.99 Å². The van der Waals surface area contributed by atoms with Gasteiger partial charge in [0, 0.05) is 51.9 Å². The lowest BCUT2D eigenvalue weighted by Gasteiger charge is -2.37. The van der Waals surface area contributed by atoms with E-state index in [-0.39, 0.29) is 36.0 Å². The summed E-state index contributed by atoms with van der Waals surface area (Å²) < 4.78 is 5.56. The molecule has 3 saturated heterocycles. The second kappa shape index (κ2) is 13.7. The summed E-state index contributed by atoms with van der Waals surface area (Å²) in [6.07, 6.45) is 8.13. The number of aliphatic imine (C=N–C) groups is 1. The van der Waals surface area contributed by atoms with E-state index in [0.29, 0.717) is 0 Å². The molecule has 0 bridgehead atoms. The van der Waals surface area contributed by atoms with Gasteiger partial charge in [-0.1, -0.05) is 6.42 Å². The Hall–Kier alpha value is -0.610. The predicted octanol–water partition coefficient (Wildman–Crippen LogP) is 2.55. The van der Waals surface area contributed by atoms with Crippen molar-refractivity contribution in [2.75, 3.05) is 59.0 Å². The van der Waals surface area contributed by atoms with Gasteiger partial charge in [0.2, 0.25) is 0 Å². The molecule has 30 heavy (non-hydrogen) atoms. The van der Waals surface area contributed by atoms with Crippen molar-refractivity contribution >= 4 is 35.8 Å². The first-order valence-electron chi connectivity index (χ1n) is 11.9. The van der Waals surface area contributed by atoms with Crippen molar-refractivity contribution in [1.29, 1.82) is 0 Å². The number of carbonyl (C=O) groups excluding carboxylic acids is 1. The standard InChI is InChI=1S/C22H41N5O2.HI/c1-3-23-22(24-11-5-7-13-25-12-6-4-9-19(25)2)27-16-14-26(15-17-27)21(28)20-10-8-18-29-20;/h19-20H,3-18H2,1-2H3,(H,23,24);1H. The highest BCUT2D eigenvalue weighted by atomic mass is 127. The molecule has 0 saturated carbocycles. The first-order chi connectivity index (χ1) is 14.2. The van der Waals surface area contributed by atoms with Crippen LogP contribution in [0.15, 0.2) is 4.99 Å². The third kappa shape index (κ3) is 7.51. The van der Waals surface area contributed by atoms with E-state index in [1.165, 1.54) is 38.8 Å².